The Morgan fingerprint density at radius 3 is 0.868 bits per heavy atom. The van der Waals surface area contributed by atoms with Crippen LogP contribution in [0.4, 0.5) is 0 Å². The molecule has 0 N–H and O–H groups in total. The number of hydrogen-bond acceptors (Lipinski definition) is 1. The fraction of sp³-hybridized carbons (Fsp3) is 0.757. The molecule has 0 aromatic heterocycles. The first kappa shape index (κ1) is 36.6. The van der Waals surface area contributed by atoms with Gasteiger partial charge >= 0.3 is 0 Å². The second kappa shape index (κ2) is 33.7. The summed E-state index contributed by atoms with van der Waals surface area (Å²) in [6, 6.07) is 0. The van der Waals surface area contributed by atoms with E-state index >= 15 is 0 Å². The molecular formula is C37H66O. The van der Waals surface area contributed by atoms with Crippen LogP contribution in [-0.2, 0) is 4.79 Å². The Hall–Kier alpha value is -1.37. The standard InChI is InChI=1S/C37H66O/c1-3-4-5-6-7-8-9-10-11-12-13-14-15-16-17-18-19-20-21-22-23-24-25-26-27-28-29-30-31-32-33-34-35-36-37(2)38/h9-10,16-17,23-24,30-31H,3-8,11-15,18-22,25-29,32-36H2,1-2H3/b10-9+,17-16+,24-23+,31-30+. The molecule has 0 spiro atoms. The molecule has 0 aliphatic rings. The predicted molar refractivity (Wildman–Crippen MR) is 173 cm³/mol. The molecule has 0 saturated carbocycles. The highest BCUT2D eigenvalue weighted by atomic mass is 16.1. The van der Waals surface area contributed by atoms with Crippen molar-refractivity contribution in [2.45, 2.75) is 181 Å². The summed E-state index contributed by atoms with van der Waals surface area (Å²) in [6.07, 6.45) is 52.5. The van der Waals surface area contributed by atoms with E-state index in [1.54, 1.807) is 6.92 Å². The van der Waals surface area contributed by atoms with Crippen molar-refractivity contribution in [3.05, 3.63) is 48.6 Å². The van der Waals surface area contributed by atoms with Gasteiger partial charge < -0.3 is 4.79 Å². The lowest BCUT2D eigenvalue weighted by Gasteiger charge is -1.98. The van der Waals surface area contributed by atoms with E-state index in [-0.39, 0.29) is 0 Å². The number of allylic oxidation sites excluding steroid dienone is 8. The Kier molecular flexibility index (Phi) is 32.4. The van der Waals surface area contributed by atoms with E-state index in [1.807, 2.05) is 0 Å². The van der Waals surface area contributed by atoms with Gasteiger partial charge in [-0.2, -0.15) is 0 Å². The van der Waals surface area contributed by atoms with E-state index in [0.717, 1.165) is 12.8 Å². The van der Waals surface area contributed by atoms with Gasteiger partial charge in [0.25, 0.3) is 0 Å². The number of carbonyl (C=O) groups excluding carboxylic acids is 1. The summed E-state index contributed by atoms with van der Waals surface area (Å²) in [4.78, 5) is 10.9. The lowest BCUT2D eigenvalue weighted by Crippen LogP contribution is -1.88. The van der Waals surface area contributed by atoms with Crippen LogP contribution in [-0.4, -0.2) is 5.78 Å². The van der Waals surface area contributed by atoms with Crippen LogP contribution in [0.1, 0.15) is 181 Å². The number of Topliss-reactive ketones (excluding diaryl/α,β-unsaturated/α-hetero) is 1. The van der Waals surface area contributed by atoms with Crippen LogP contribution in [0.5, 0.6) is 0 Å². The third-order valence-electron chi connectivity index (χ3n) is 7.27. The van der Waals surface area contributed by atoms with Gasteiger partial charge in [-0.15, -0.1) is 0 Å². The average Bonchev–Trinajstić information content (AvgIpc) is 2.91. The summed E-state index contributed by atoms with van der Waals surface area (Å²) < 4.78 is 0. The van der Waals surface area contributed by atoms with Crippen molar-refractivity contribution in [2.24, 2.45) is 0 Å². The van der Waals surface area contributed by atoms with Gasteiger partial charge in [0.2, 0.25) is 0 Å². The third-order valence-corrected chi connectivity index (χ3v) is 7.27. The summed E-state index contributed by atoms with van der Waals surface area (Å²) >= 11 is 0. The Labute approximate surface area is 239 Å². The van der Waals surface area contributed by atoms with Crippen molar-refractivity contribution in [1.82, 2.24) is 0 Å². The molecule has 0 saturated heterocycles. The Morgan fingerprint density at radius 1 is 0.368 bits per heavy atom. The van der Waals surface area contributed by atoms with Gasteiger partial charge in [-0.3, -0.25) is 0 Å². The molecule has 0 aromatic rings. The molecule has 0 aliphatic heterocycles. The zero-order valence-corrected chi connectivity index (χ0v) is 25.9. The van der Waals surface area contributed by atoms with Crippen molar-refractivity contribution in [2.75, 3.05) is 0 Å². The van der Waals surface area contributed by atoms with E-state index in [1.165, 1.54) is 154 Å². The number of hydrogen-bond donors (Lipinski definition) is 0. The maximum Gasteiger partial charge on any atom is 0.129 e. The molecule has 0 fully saturated rings. The fourth-order valence-electron chi connectivity index (χ4n) is 4.72. The van der Waals surface area contributed by atoms with E-state index in [0.29, 0.717) is 5.78 Å². The lowest BCUT2D eigenvalue weighted by molar-refractivity contribution is -0.117. The van der Waals surface area contributed by atoms with E-state index < -0.39 is 0 Å². The first-order valence-electron chi connectivity index (χ1n) is 16.9. The Morgan fingerprint density at radius 2 is 0.605 bits per heavy atom. The lowest BCUT2D eigenvalue weighted by atomic mass is 10.1. The first-order chi connectivity index (χ1) is 18.8. The maximum absolute atomic E-state index is 10.9. The average molecular weight is 527 g/mol. The summed E-state index contributed by atoms with van der Waals surface area (Å²) in [6.45, 7) is 3.97. The molecule has 38 heavy (non-hydrogen) atoms. The van der Waals surface area contributed by atoms with Gasteiger partial charge in [0.1, 0.15) is 5.78 Å². The minimum atomic E-state index is 0.326. The highest BCUT2D eigenvalue weighted by Gasteiger charge is 1.93. The minimum absolute atomic E-state index is 0.326. The molecule has 0 aliphatic carbocycles. The van der Waals surface area contributed by atoms with Gasteiger partial charge in [0.15, 0.2) is 0 Å². The van der Waals surface area contributed by atoms with Gasteiger partial charge in [0, 0.05) is 6.42 Å². The van der Waals surface area contributed by atoms with Crippen LogP contribution in [0.25, 0.3) is 0 Å². The van der Waals surface area contributed by atoms with Crippen LogP contribution < -0.4 is 0 Å². The summed E-state index contributed by atoms with van der Waals surface area (Å²) in [5.74, 6) is 0.326. The minimum Gasteiger partial charge on any atom is -0.300 e. The maximum atomic E-state index is 10.9. The van der Waals surface area contributed by atoms with Gasteiger partial charge in [-0.1, -0.05) is 107 Å². The number of unbranched alkanes of at least 4 members (excludes halogenated alkanes) is 20. The Bertz CT molecular complexity index is 580. The third kappa shape index (κ3) is 34.6. The van der Waals surface area contributed by atoms with Crippen LogP contribution in [0.3, 0.4) is 0 Å². The smallest absolute Gasteiger partial charge is 0.129 e. The fourth-order valence-corrected chi connectivity index (χ4v) is 4.72. The van der Waals surface area contributed by atoms with E-state index in [2.05, 4.69) is 55.5 Å². The van der Waals surface area contributed by atoms with Crippen LogP contribution in [0, 0.1) is 0 Å². The largest absolute Gasteiger partial charge is 0.300 e. The molecule has 1 nitrogen and oxygen atoms in total. The molecular weight excluding hydrogens is 460 g/mol. The molecule has 0 unspecified atom stereocenters. The van der Waals surface area contributed by atoms with Gasteiger partial charge in [-0.25, -0.2) is 0 Å². The zero-order valence-electron chi connectivity index (χ0n) is 25.9. The molecule has 0 atom stereocenters. The highest BCUT2D eigenvalue weighted by molar-refractivity contribution is 5.75. The quantitative estimate of drug-likeness (QED) is 0.0671. The molecule has 220 valence electrons. The second-order valence-corrected chi connectivity index (χ2v) is 11.3. The van der Waals surface area contributed by atoms with Crippen molar-refractivity contribution < 1.29 is 4.79 Å². The number of ketones is 1. The van der Waals surface area contributed by atoms with Crippen molar-refractivity contribution in [3.8, 4) is 0 Å². The second-order valence-electron chi connectivity index (χ2n) is 11.3. The number of rotatable bonds is 30. The molecule has 0 aromatic carbocycles. The van der Waals surface area contributed by atoms with Gasteiger partial charge in [0.05, 0.1) is 0 Å². The molecule has 0 radical (unpaired) electrons. The van der Waals surface area contributed by atoms with Crippen molar-refractivity contribution in [1.29, 1.82) is 0 Å². The molecule has 0 bridgehead atoms. The van der Waals surface area contributed by atoms with Crippen LogP contribution in [0.2, 0.25) is 0 Å². The Balaban J connectivity index is 3.24. The SMILES string of the molecule is CCCCCCC/C=C/CCCCC/C=C/CCCCC/C=C/CCCCC/C=C/CCCCCC(C)=O. The molecule has 0 heterocycles. The van der Waals surface area contributed by atoms with E-state index in [9.17, 15) is 4.79 Å². The monoisotopic (exact) mass is 527 g/mol. The summed E-state index contributed by atoms with van der Waals surface area (Å²) in [7, 11) is 0. The van der Waals surface area contributed by atoms with Crippen molar-refractivity contribution in [3.63, 3.8) is 0 Å². The van der Waals surface area contributed by atoms with Gasteiger partial charge in [-0.05, 0) is 116 Å². The normalized spacial score (nSPS) is 12.3. The molecule has 1 heteroatoms. The predicted octanol–water partition coefficient (Wildman–Crippen LogP) is 13.0. The molecule has 0 rings (SSSR count). The van der Waals surface area contributed by atoms with E-state index in [4.69, 9.17) is 0 Å². The first-order valence-corrected chi connectivity index (χ1v) is 16.9. The number of carbonyl (C=O) groups is 1. The van der Waals surface area contributed by atoms with Crippen LogP contribution in [0.15, 0.2) is 48.6 Å². The van der Waals surface area contributed by atoms with Crippen LogP contribution >= 0.6 is 0 Å². The molecule has 0 amide bonds. The topological polar surface area (TPSA) is 17.1 Å². The van der Waals surface area contributed by atoms with Crippen molar-refractivity contribution >= 4 is 5.78 Å². The summed E-state index contributed by atoms with van der Waals surface area (Å²) in [5.41, 5.74) is 0. The summed E-state index contributed by atoms with van der Waals surface area (Å²) in [5, 5.41) is 0. The zero-order chi connectivity index (χ0) is 27.6. The highest BCUT2D eigenvalue weighted by Crippen LogP contribution is 2.10.